The van der Waals surface area contributed by atoms with Crippen LogP contribution in [0.5, 0.6) is 0 Å². The van der Waals surface area contributed by atoms with E-state index in [1.54, 1.807) is 72.8 Å². The fourth-order valence-corrected chi connectivity index (χ4v) is 5.20. The molecule has 0 spiro atoms. The number of thiol groups is 1. The second-order valence-electron chi connectivity index (χ2n) is 10.2. The van der Waals surface area contributed by atoms with E-state index in [1.165, 1.54) is 16.7 Å². The zero-order valence-corrected chi connectivity index (χ0v) is 24.1. The maximum atomic E-state index is 14.5. The van der Waals surface area contributed by atoms with Crippen molar-refractivity contribution in [2.24, 2.45) is 5.73 Å². The van der Waals surface area contributed by atoms with Gasteiger partial charge in [-0.25, -0.2) is 4.79 Å². The van der Waals surface area contributed by atoms with Crippen molar-refractivity contribution in [3.63, 3.8) is 0 Å². The smallest absolute Gasteiger partial charge is 0.386 e. The van der Waals surface area contributed by atoms with Gasteiger partial charge in [-0.15, -0.1) is 0 Å². The van der Waals surface area contributed by atoms with Gasteiger partial charge in [0, 0.05) is 17.1 Å². The Bertz CT molecular complexity index is 1480. The Labute approximate surface area is 252 Å². The summed E-state index contributed by atoms with van der Waals surface area (Å²) in [5.41, 5.74) is 7.93. The van der Waals surface area contributed by atoms with Crippen LogP contribution in [0.2, 0.25) is 0 Å². The summed E-state index contributed by atoms with van der Waals surface area (Å²) in [6.07, 6.45) is -4.27. The number of nitrogens with two attached hydrogens (primary N) is 1. The number of rotatable bonds is 9. The van der Waals surface area contributed by atoms with Crippen LogP contribution in [0, 0.1) is 0 Å². The predicted molar refractivity (Wildman–Crippen MR) is 157 cm³/mol. The van der Waals surface area contributed by atoms with E-state index in [0.717, 1.165) is 5.56 Å². The highest BCUT2D eigenvalue weighted by Crippen LogP contribution is 2.40. The van der Waals surface area contributed by atoms with Gasteiger partial charge in [-0.3, -0.25) is 19.3 Å². The van der Waals surface area contributed by atoms with Crippen LogP contribution in [0.15, 0.2) is 78.9 Å². The molecule has 2 amide bonds. The highest BCUT2D eigenvalue weighted by molar-refractivity contribution is 7.80. The van der Waals surface area contributed by atoms with Crippen LogP contribution in [0.25, 0.3) is 0 Å². The number of benzene rings is 3. The molecule has 0 aliphatic carbocycles. The van der Waals surface area contributed by atoms with E-state index in [9.17, 15) is 32.3 Å². The van der Waals surface area contributed by atoms with Crippen LogP contribution in [-0.4, -0.2) is 46.2 Å². The summed E-state index contributed by atoms with van der Waals surface area (Å²) in [6, 6.07) is 19.8. The highest BCUT2D eigenvalue weighted by Gasteiger charge is 2.45. The number of alkyl halides is 3. The molecular formula is C31H30F3N3O5S. The number of fused-ring (bicyclic) bond motifs is 1. The van der Waals surface area contributed by atoms with E-state index in [4.69, 9.17) is 5.73 Å². The first-order chi connectivity index (χ1) is 20.4. The Morgan fingerprint density at radius 3 is 2.23 bits per heavy atom. The van der Waals surface area contributed by atoms with Crippen LogP contribution < -0.4 is 10.6 Å². The summed E-state index contributed by atoms with van der Waals surface area (Å²) in [4.78, 5) is 55.2. The molecule has 3 aromatic rings. The molecule has 4 rings (SSSR count). The monoisotopic (exact) mass is 613 g/mol. The van der Waals surface area contributed by atoms with Crippen molar-refractivity contribution in [1.29, 1.82) is 0 Å². The normalized spacial score (nSPS) is 16.7. The molecule has 2 N–H and O–H groups in total. The van der Waals surface area contributed by atoms with Crippen molar-refractivity contribution in [2.45, 2.75) is 56.2 Å². The minimum Gasteiger partial charge on any atom is -0.386 e. The molecule has 226 valence electrons. The van der Waals surface area contributed by atoms with Gasteiger partial charge >= 0.3 is 18.1 Å². The van der Waals surface area contributed by atoms with Crippen molar-refractivity contribution in [3.8, 4) is 0 Å². The molecule has 3 aromatic carbocycles. The maximum Gasteiger partial charge on any atom is 0.491 e. The number of hydrogen-bond donors (Lipinski definition) is 2. The maximum absolute atomic E-state index is 14.5. The molecule has 1 heterocycles. The molecule has 12 heteroatoms. The number of aryl methyl sites for hydroxylation is 1. The number of carbonyl (C=O) groups excluding carboxylic acids is 4. The molecule has 3 atom stereocenters. The highest BCUT2D eigenvalue weighted by atomic mass is 32.1. The van der Waals surface area contributed by atoms with Gasteiger partial charge in [0.25, 0.3) is 11.8 Å². The lowest BCUT2D eigenvalue weighted by atomic mass is 10.00. The average Bonchev–Trinajstić information content (AvgIpc) is 3.05. The summed E-state index contributed by atoms with van der Waals surface area (Å²) in [7, 11) is 0. The van der Waals surface area contributed by atoms with Crippen LogP contribution >= 0.6 is 12.6 Å². The van der Waals surface area contributed by atoms with Gasteiger partial charge in [-0.1, -0.05) is 54.6 Å². The number of hydrogen-bond acceptors (Lipinski definition) is 7. The molecule has 0 bridgehead atoms. The Balaban J connectivity index is 1.83. The molecule has 0 aromatic heterocycles. The third-order valence-corrected chi connectivity index (χ3v) is 7.23. The number of halogens is 3. The number of ether oxygens (including phenoxy) is 1. The average molecular weight is 614 g/mol. The summed E-state index contributed by atoms with van der Waals surface area (Å²) >= 11 is 4.21. The van der Waals surface area contributed by atoms with Crippen LogP contribution in [0.3, 0.4) is 0 Å². The molecule has 1 aliphatic rings. The second kappa shape index (κ2) is 13.4. The predicted octanol–water partition coefficient (Wildman–Crippen LogP) is 5.50. The summed E-state index contributed by atoms with van der Waals surface area (Å²) < 4.78 is 42.2. The topological polar surface area (TPSA) is 110 Å². The van der Waals surface area contributed by atoms with E-state index >= 15 is 0 Å². The van der Waals surface area contributed by atoms with E-state index in [0.29, 0.717) is 36.2 Å². The van der Waals surface area contributed by atoms with Crippen molar-refractivity contribution in [3.05, 3.63) is 95.6 Å². The Morgan fingerprint density at radius 1 is 1.00 bits per heavy atom. The largest absolute Gasteiger partial charge is 0.491 e. The molecule has 0 fully saturated rings. The van der Waals surface area contributed by atoms with E-state index in [1.807, 2.05) is 6.07 Å². The summed E-state index contributed by atoms with van der Waals surface area (Å²) in [5.74, 6) is -5.28. The molecule has 0 saturated carbocycles. The number of nitrogens with zero attached hydrogens (tertiary/aromatic N) is 2. The quantitative estimate of drug-likeness (QED) is 0.143. The van der Waals surface area contributed by atoms with E-state index < -0.39 is 48.4 Å². The van der Waals surface area contributed by atoms with Gasteiger partial charge in [0.15, 0.2) is 0 Å². The number of para-hydroxylation sites is 1. The first-order valence-corrected chi connectivity index (χ1v) is 14.0. The van der Waals surface area contributed by atoms with Crippen LogP contribution in [0.4, 0.5) is 24.5 Å². The summed E-state index contributed by atoms with van der Waals surface area (Å²) in [5, 5.41) is -0.305. The van der Waals surface area contributed by atoms with Gasteiger partial charge in [0.2, 0.25) is 0 Å². The first kappa shape index (κ1) is 31.8. The van der Waals surface area contributed by atoms with E-state index in [-0.39, 0.29) is 10.9 Å². The van der Waals surface area contributed by atoms with E-state index in [2.05, 4.69) is 17.4 Å². The van der Waals surface area contributed by atoms with Crippen molar-refractivity contribution in [1.82, 2.24) is 4.90 Å². The van der Waals surface area contributed by atoms with Gasteiger partial charge in [-0.2, -0.15) is 25.8 Å². The number of anilines is 2. The molecule has 0 saturated heterocycles. The molecule has 3 unspecified atom stereocenters. The van der Waals surface area contributed by atoms with Crippen molar-refractivity contribution >= 4 is 47.8 Å². The Kier molecular flexibility index (Phi) is 9.92. The van der Waals surface area contributed by atoms with Crippen LogP contribution in [0.1, 0.15) is 53.7 Å². The third kappa shape index (κ3) is 7.44. The molecule has 1 aliphatic heterocycles. The zero-order valence-electron chi connectivity index (χ0n) is 23.2. The second-order valence-corrected chi connectivity index (χ2v) is 10.8. The van der Waals surface area contributed by atoms with Crippen LogP contribution in [-0.2, 0) is 25.5 Å². The Hall–Kier alpha value is -4.16. The number of carbonyl (C=O) groups is 4. The van der Waals surface area contributed by atoms with Gasteiger partial charge in [-0.05, 0) is 61.6 Å². The molecule has 8 nitrogen and oxygen atoms in total. The minimum atomic E-state index is -5.37. The molecule has 43 heavy (non-hydrogen) atoms. The minimum absolute atomic E-state index is 0.162. The van der Waals surface area contributed by atoms with Crippen molar-refractivity contribution < 1.29 is 37.1 Å². The SMILES string of the molecule is CC(CC(=O)OC(=O)C(F)(F)F)N1C(=O)c2cc(CCCC(N)S)ccc2N(c2ccccc2)C(=O)C1c1ccccc1. The third-order valence-electron chi connectivity index (χ3n) is 6.97. The van der Waals surface area contributed by atoms with Gasteiger partial charge < -0.3 is 15.4 Å². The fraction of sp³-hybridized carbons (Fsp3) is 0.290. The van der Waals surface area contributed by atoms with Gasteiger partial charge in [0.1, 0.15) is 6.04 Å². The number of esters is 2. The Morgan fingerprint density at radius 2 is 1.63 bits per heavy atom. The fourth-order valence-electron chi connectivity index (χ4n) is 5.02. The van der Waals surface area contributed by atoms with Gasteiger partial charge in [0.05, 0.1) is 17.7 Å². The standard InChI is InChI=1S/C31H30F3N3O5S/c1-19(17-26(38)42-30(41)31(32,33)34)36-27(21-10-4-2-5-11-21)29(40)37(22-12-6-3-7-13-22)24-16-15-20(9-8-14-25(35)43)18-23(24)28(36)39/h2-7,10-13,15-16,18-19,25,27,43H,8-9,14,17,35H2,1H3. The number of amides is 2. The zero-order chi connectivity index (χ0) is 31.3. The lowest BCUT2D eigenvalue weighted by Crippen LogP contribution is -2.46. The lowest BCUT2D eigenvalue weighted by Gasteiger charge is -2.35. The lowest BCUT2D eigenvalue weighted by molar-refractivity contribution is -0.202. The summed E-state index contributed by atoms with van der Waals surface area (Å²) in [6.45, 7) is 1.41. The first-order valence-electron chi connectivity index (χ1n) is 13.5. The molecule has 0 radical (unpaired) electrons. The van der Waals surface area contributed by atoms with Crippen molar-refractivity contribution in [2.75, 3.05) is 4.90 Å². The molecular weight excluding hydrogens is 583 g/mol.